The molecule has 3 aromatic carbocycles. The van der Waals surface area contributed by atoms with Gasteiger partial charge in [-0.1, -0.05) is 72.9 Å². The summed E-state index contributed by atoms with van der Waals surface area (Å²) >= 11 is 3.50. The van der Waals surface area contributed by atoms with Gasteiger partial charge in [0.1, 0.15) is 12.4 Å². The first-order valence-electron chi connectivity index (χ1n) is 12.5. The topological polar surface area (TPSA) is 93.7 Å². The Morgan fingerprint density at radius 3 is 2.60 bits per heavy atom. The molecule has 5 rings (SSSR count). The Morgan fingerprint density at radius 2 is 1.90 bits per heavy atom. The molecule has 1 aliphatic rings. The first-order valence-corrected chi connectivity index (χ1v) is 14.4. The Kier molecular flexibility index (Phi) is 8.28. The highest BCUT2D eigenvalue weighted by molar-refractivity contribution is 14.1. The number of allylic oxidation sites excluding steroid dienone is 1. The van der Waals surface area contributed by atoms with E-state index in [-0.39, 0.29) is 12.2 Å². The molecule has 0 saturated carbocycles. The van der Waals surface area contributed by atoms with Crippen LogP contribution < -0.4 is 19.6 Å². The maximum absolute atomic E-state index is 13.8. The fourth-order valence-corrected chi connectivity index (χ4v) is 6.32. The number of hydrogen-bond acceptors (Lipinski definition) is 7. The number of ether oxygens (including phenoxy) is 2. The predicted molar refractivity (Wildman–Crippen MR) is 161 cm³/mol. The van der Waals surface area contributed by atoms with Crippen LogP contribution in [0.15, 0.2) is 93.9 Å². The van der Waals surface area contributed by atoms with Gasteiger partial charge < -0.3 is 9.47 Å². The van der Waals surface area contributed by atoms with Crippen molar-refractivity contribution in [2.24, 2.45) is 4.99 Å². The summed E-state index contributed by atoms with van der Waals surface area (Å²) in [5, 5.41) is 9.32. The average Bonchev–Trinajstić information content (AvgIpc) is 3.29. The predicted octanol–water partition coefficient (Wildman–Crippen LogP) is 4.85. The molecule has 200 valence electrons. The van der Waals surface area contributed by atoms with E-state index in [1.54, 1.807) is 10.6 Å². The Hall–Kier alpha value is -4.01. The van der Waals surface area contributed by atoms with E-state index in [1.807, 2.05) is 79.7 Å². The van der Waals surface area contributed by atoms with E-state index in [2.05, 4.69) is 28.7 Å². The zero-order valence-electron chi connectivity index (χ0n) is 21.8. The number of carbonyl (C=O) groups excluding carboxylic acids is 1. The molecule has 0 saturated heterocycles. The van der Waals surface area contributed by atoms with Crippen molar-refractivity contribution in [3.63, 3.8) is 0 Å². The van der Waals surface area contributed by atoms with Gasteiger partial charge in [0, 0.05) is 5.56 Å². The van der Waals surface area contributed by atoms with Gasteiger partial charge in [0.05, 0.1) is 44.2 Å². The maximum Gasteiger partial charge on any atom is 0.338 e. The molecule has 0 bridgehead atoms. The van der Waals surface area contributed by atoms with E-state index in [4.69, 9.17) is 14.5 Å². The van der Waals surface area contributed by atoms with Crippen LogP contribution in [0.3, 0.4) is 0 Å². The summed E-state index contributed by atoms with van der Waals surface area (Å²) < 4.78 is 14.1. The molecule has 0 N–H and O–H groups in total. The number of benzene rings is 3. The van der Waals surface area contributed by atoms with Gasteiger partial charge in [0.25, 0.3) is 5.56 Å². The van der Waals surface area contributed by atoms with Crippen LogP contribution in [0.5, 0.6) is 5.75 Å². The van der Waals surface area contributed by atoms with Crippen molar-refractivity contribution in [2.75, 3.05) is 7.11 Å². The molecule has 1 atom stereocenters. The van der Waals surface area contributed by atoms with Gasteiger partial charge in [-0.15, -0.1) is 0 Å². The van der Waals surface area contributed by atoms with E-state index in [1.165, 1.54) is 18.4 Å². The Balaban J connectivity index is 1.53. The highest BCUT2D eigenvalue weighted by Gasteiger charge is 2.33. The number of esters is 1. The summed E-state index contributed by atoms with van der Waals surface area (Å²) in [5.41, 5.74) is 3.81. The van der Waals surface area contributed by atoms with Crippen LogP contribution in [0.4, 0.5) is 0 Å². The zero-order chi connectivity index (χ0) is 28.2. The van der Waals surface area contributed by atoms with Gasteiger partial charge in [0.2, 0.25) is 0 Å². The first-order chi connectivity index (χ1) is 19.4. The number of methoxy groups -OCH3 is 1. The van der Waals surface area contributed by atoms with Crippen LogP contribution in [0.25, 0.3) is 6.08 Å². The summed E-state index contributed by atoms with van der Waals surface area (Å²) in [4.78, 5) is 31.9. The normalized spacial score (nSPS) is 14.8. The number of fused-ring (bicyclic) bond motifs is 1. The number of aromatic nitrogens is 1. The lowest BCUT2D eigenvalue weighted by atomic mass is 9.95. The molecule has 7 nitrogen and oxygen atoms in total. The Bertz CT molecular complexity index is 1850. The van der Waals surface area contributed by atoms with Gasteiger partial charge in [-0.2, -0.15) is 5.26 Å². The molecule has 0 unspecified atom stereocenters. The van der Waals surface area contributed by atoms with Gasteiger partial charge in [-0.3, -0.25) is 9.36 Å². The molecule has 40 heavy (non-hydrogen) atoms. The third kappa shape index (κ3) is 5.37. The fraction of sp³-hybridized carbons (Fsp3) is 0.161. The van der Waals surface area contributed by atoms with E-state index >= 15 is 0 Å². The molecule has 1 aromatic heterocycles. The lowest BCUT2D eigenvalue weighted by Crippen LogP contribution is -2.40. The number of nitrogens with zero attached hydrogens (tertiary/aromatic N) is 3. The number of nitriles is 1. The van der Waals surface area contributed by atoms with Crippen molar-refractivity contribution in [3.8, 4) is 11.8 Å². The quantitative estimate of drug-likeness (QED) is 0.209. The van der Waals surface area contributed by atoms with Crippen LogP contribution >= 0.6 is 33.9 Å². The minimum Gasteiger partial charge on any atom is -0.488 e. The first kappa shape index (κ1) is 27.6. The van der Waals surface area contributed by atoms with Crippen LogP contribution in [-0.4, -0.2) is 17.6 Å². The minimum absolute atomic E-state index is 0.224. The monoisotopic (exact) mass is 661 g/mol. The van der Waals surface area contributed by atoms with E-state index in [0.29, 0.717) is 38.3 Å². The van der Waals surface area contributed by atoms with E-state index < -0.39 is 12.0 Å². The highest BCUT2D eigenvalue weighted by atomic mass is 127. The van der Waals surface area contributed by atoms with Crippen molar-refractivity contribution in [2.45, 2.75) is 26.0 Å². The van der Waals surface area contributed by atoms with Crippen molar-refractivity contribution >= 4 is 46.0 Å². The minimum atomic E-state index is -0.630. The largest absolute Gasteiger partial charge is 0.488 e. The second-order valence-corrected chi connectivity index (χ2v) is 11.1. The SMILES string of the molecule is CCC1=C(C(=O)OC)[C@@H](c2ccccc2)n2c(s/c(=C\c3ccc(OCc4ccccc4C#N)c(I)c3)c2=O)=N1. The summed E-state index contributed by atoms with van der Waals surface area (Å²) in [6.07, 6.45) is 2.35. The Morgan fingerprint density at radius 1 is 1.15 bits per heavy atom. The van der Waals surface area contributed by atoms with Crippen LogP contribution in [0.2, 0.25) is 0 Å². The standard InChI is InChI=1S/C31H24IN3O4S/c1-3-24-27(30(37)38-2)28(20-9-5-4-6-10-20)35-29(36)26(40-31(35)34-24)16-19-13-14-25(23(32)15-19)39-18-22-12-8-7-11-21(22)17-33/h4-16,28H,3,18H2,1-2H3/b26-16-/t28-/m1/s1. The molecule has 1 aliphatic heterocycles. The number of thiazole rings is 1. The lowest BCUT2D eigenvalue weighted by Gasteiger charge is -2.25. The zero-order valence-corrected chi connectivity index (χ0v) is 24.7. The average molecular weight is 662 g/mol. The van der Waals surface area contributed by atoms with Crippen molar-refractivity contribution in [1.29, 1.82) is 5.26 Å². The van der Waals surface area contributed by atoms with Crippen molar-refractivity contribution in [1.82, 2.24) is 4.57 Å². The third-order valence-corrected chi connectivity index (χ3v) is 8.37. The number of carbonyl (C=O) groups is 1. The molecular weight excluding hydrogens is 637 g/mol. The van der Waals surface area contributed by atoms with E-state index in [9.17, 15) is 14.9 Å². The molecule has 9 heteroatoms. The maximum atomic E-state index is 13.8. The molecule has 0 fully saturated rings. The summed E-state index contributed by atoms with van der Waals surface area (Å²) in [5.74, 6) is 0.192. The fourth-order valence-electron chi connectivity index (χ4n) is 4.60. The lowest BCUT2D eigenvalue weighted by molar-refractivity contribution is -0.136. The van der Waals surface area contributed by atoms with Gasteiger partial charge in [0.15, 0.2) is 4.80 Å². The summed E-state index contributed by atoms with van der Waals surface area (Å²) in [7, 11) is 1.34. The van der Waals surface area contributed by atoms with E-state index in [0.717, 1.165) is 20.3 Å². The van der Waals surface area contributed by atoms with Gasteiger partial charge >= 0.3 is 5.97 Å². The molecule has 2 heterocycles. The molecule has 0 spiro atoms. The second kappa shape index (κ2) is 12.0. The molecule has 0 aliphatic carbocycles. The molecular formula is C31H24IN3O4S. The van der Waals surface area contributed by atoms with Crippen LogP contribution in [0, 0.1) is 14.9 Å². The molecule has 4 aromatic rings. The second-order valence-electron chi connectivity index (χ2n) is 8.95. The van der Waals surface area contributed by atoms with Gasteiger partial charge in [-0.05, 0) is 64.4 Å². The van der Waals surface area contributed by atoms with Crippen molar-refractivity contribution < 1.29 is 14.3 Å². The smallest absolute Gasteiger partial charge is 0.338 e. The Labute approximate surface area is 248 Å². The summed E-state index contributed by atoms with van der Waals surface area (Å²) in [6.45, 7) is 2.21. The number of hydrogen-bond donors (Lipinski definition) is 0. The van der Waals surface area contributed by atoms with Gasteiger partial charge in [-0.25, -0.2) is 9.79 Å². The number of halogens is 1. The summed E-state index contributed by atoms with van der Waals surface area (Å²) in [6, 6.07) is 24.1. The third-order valence-electron chi connectivity index (χ3n) is 6.54. The van der Waals surface area contributed by atoms with Crippen LogP contribution in [0.1, 0.15) is 41.6 Å². The van der Waals surface area contributed by atoms with Crippen molar-refractivity contribution in [3.05, 3.63) is 130 Å². The number of rotatable bonds is 7. The molecule has 0 amide bonds. The highest BCUT2D eigenvalue weighted by Crippen LogP contribution is 2.31. The van der Waals surface area contributed by atoms with Crippen LogP contribution in [-0.2, 0) is 16.1 Å². The molecule has 0 radical (unpaired) electrons.